The highest BCUT2D eigenvalue weighted by atomic mass is 19.4. The van der Waals surface area contributed by atoms with E-state index in [0.717, 1.165) is 23.7 Å². The molecule has 0 heterocycles. The molecule has 0 unspecified atom stereocenters. The van der Waals surface area contributed by atoms with E-state index in [9.17, 15) is 104 Å². The number of primary amides is 1. The van der Waals surface area contributed by atoms with Crippen molar-refractivity contribution in [3.05, 3.63) is 54.1 Å². The number of para-hydroxylation sites is 1. The van der Waals surface area contributed by atoms with Gasteiger partial charge in [0.15, 0.2) is 18.0 Å². The molecule has 0 saturated heterocycles. The van der Waals surface area contributed by atoms with Gasteiger partial charge in [-0.1, -0.05) is 90.4 Å². The van der Waals surface area contributed by atoms with E-state index in [0.29, 0.717) is 5.56 Å². The van der Waals surface area contributed by atoms with Crippen molar-refractivity contribution in [2.24, 2.45) is 45.7 Å². The summed E-state index contributed by atoms with van der Waals surface area (Å²) in [6, 6.07) is -1.08. The number of nitrogens with one attached hydrogen (secondary N) is 9. The predicted molar refractivity (Wildman–Crippen MR) is 340 cm³/mol. The van der Waals surface area contributed by atoms with E-state index in [4.69, 9.17) is 27.7 Å². The third-order valence-electron chi connectivity index (χ3n) is 14.5. The van der Waals surface area contributed by atoms with Crippen LogP contribution in [-0.4, -0.2) is 218 Å². The van der Waals surface area contributed by atoms with Crippen LogP contribution in [0.3, 0.4) is 0 Å². The fraction of sp³-hybridized carbons (Fsp3) is 0.567. The zero-order valence-electron chi connectivity index (χ0n) is 55.9. The molecule has 0 fully saturated rings. The largest absolute Gasteiger partial charge is 0.490 e. The topological polar surface area (TPSA) is 538 Å². The van der Waals surface area contributed by atoms with Crippen molar-refractivity contribution < 1.29 is 118 Å². The molecule has 40 heteroatoms. The van der Waals surface area contributed by atoms with Gasteiger partial charge in [-0.25, -0.2) is 19.2 Å². The van der Waals surface area contributed by atoms with E-state index in [1.165, 1.54) is 31.4 Å². The maximum absolute atomic E-state index is 14.4. The molecule has 558 valence electrons. The van der Waals surface area contributed by atoms with E-state index in [2.05, 4.69) is 46.4 Å². The summed E-state index contributed by atoms with van der Waals surface area (Å²) in [6.45, 7) is 6.17. The number of rotatable bonds is 39. The van der Waals surface area contributed by atoms with Gasteiger partial charge in [0.05, 0.1) is 18.8 Å². The Labute approximate surface area is 569 Å². The van der Waals surface area contributed by atoms with Crippen LogP contribution >= 0.6 is 0 Å². The Morgan fingerprint density at radius 2 is 1.14 bits per heavy atom. The van der Waals surface area contributed by atoms with Crippen LogP contribution in [0.2, 0.25) is 0 Å². The number of amides is 10. The maximum Gasteiger partial charge on any atom is 0.490 e. The van der Waals surface area contributed by atoms with Gasteiger partial charge in [0.1, 0.15) is 49.5 Å². The van der Waals surface area contributed by atoms with Crippen LogP contribution in [0.15, 0.2) is 53.5 Å². The van der Waals surface area contributed by atoms with E-state index in [1.807, 2.05) is 60.7 Å². The van der Waals surface area contributed by atoms with Gasteiger partial charge in [-0.2, -0.15) is 26.3 Å². The fourth-order valence-corrected chi connectivity index (χ4v) is 8.94. The molecule has 2 aromatic rings. The van der Waals surface area contributed by atoms with Gasteiger partial charge in [-0.15, -0.1) is 0 Å². The van der Waals surface area contributed by atoms with Crippen molar-refractivity contribution in [2.45, 2.75) is 160 Å². The molecule has 12 atom stereocenters. The summed E-state index contributed by atoms with van der Waals surface area (Å²) >= 11 is 0. The summed E-state index contributed by atoms with van der Waals surface area (Å²) in [6.07, 6.45) is -19.8. The van der Waals surface area contributed by atoms with Crippen LogP contribution in [-0.2, 0) is 78.4 Å². The number of hydrogen-bond acceptors (Lipinski definition) is 21. The Kier molecular flexibility index (Phi) is 34.4. The number of ether oxygens (including phenoxy) is 3. The second-order valence-corrected chi connectivity index (χ2v) is 23.6. The normalized spacial score (nSPS) is 15.0. The third-order valence-corrected chi connectivity index (χ3v) is 14.5. The van der Waals surface area contributed by atoms with Crippen LogP contribution in [0.5, 0.6) is 0 Å². The number of nitrogens with two attached hydrogens (primary N) is 4. The van der Waals surface area contributed by atoms with Crippen molar-refractivity contribution in [2.75, 3.05) is 45.2 Å². The first kappa shape index (κ1) is 86.0. The smallest absolute Gasteiger partial charge is 0.480 e. The van der Waals surface area contributed by atoms with Gasteiger partial charge in [-0.05, 0) is 61.1 Å². The highest BCUT2D eigenvalue weighted by Gasteiger charge is 2.48. The minimum absolute atomic E-state index is 0.0351. The lowest BCUT2D eigenvalue weighted by Gasteiger charge is -2.31. The lowest BCUT2D eigenvalue weighted by Crippen LogP contribution is -2.63. The molecule has 2 rings (SSSR count). The molecule has 0 spiro atoms. The van der Waals surface area contributed by atoms with E-state index in [-0.39, 0.29) is 50.7 Å². The maximum atomic E-state index is 14.4. The Morgan fingerprint density at radius 1 is 0.610 bits per heavy atom. The average Bonchev–Trinajstić information content (AvgIpc) is 0.843. The number of benzene rings is 2. The number of anilines is 1. The number of alkyl carbamates (subject to hydrolysis) is 1. The number of aliphatic hydroxyl groups is 2. The van der Waals surface area contributed by atoms with Gasteiger partial charge in [-0.3, -0.25) is 48.1 Å². The summed E-state index contributed by atoms with van der Waals surface area (Å²) in [5.74, 6) is -23.7. The summed E-state index contributed by atoms with van der Waals surface area (Å²) in [7, 11) is 3.82. The monoisotopic (exact) mass is 1440 g/mol. The lowest BCUT2D eigenvalue weighted by atomic mass is 9.96. The number of esters is 2. The number of guanidine groups is 1. The minimum Gasteiger partial charge on any atom is -0.480 e. The van der Waals surface area contributed by atoms with E-state index in [1.54, 1.807) is 32.9 Å². The van der Waals surface area contributed by atoms with Gasteiger partial charge in [0, 0.05) is 38.4 Å². The second-order valence-electron chi connectivity index (χ2n) is 23.6. The van der Waals surface area contributed by atoms with Crippen molar-refractivity contribution in [3.63, 3.8) is 0 Å². The van der Waals surface area contributed by atoms with Crippen LogP contribution in [0, 0.1) is 17.8 Å². The number of carboxylic acid groups (broad SMARTS) is 1. The Bertz CT molecular complexity index is 3210. The number of alkyl halides is 6. The number of carbonyl (C=O) groups is 13. The summed E-state index contributed by atoms with van der Waals surface area (Å²) in [5, 5.41) is 50.7. The number of carbonyl (C=O) groups excluding carboxylic acids is 12. The van der Waals surface area contributed by atoms with Gasteiger partial charge in [0.25, 0.3) is 5.91 Å². The number of nitrogens with zero attached hydrogens (tertiary/aromatic N) is 2. The molecular formula is C60H87F6N15O19. The molecule has 0 saturated carbocycles. The average molecular weight is 1440 g/mol. The zero-order valence-corrected chi connectivity index (χ0v) is 55.9. The molecule has 0 bridgehead atoms. The van der Waals surface area contributed by atoms with Crippen molar-refractivity contribution in [1.82, 2.24) is 47.9 Å². The zero-order chi connectivity index (χ0) is 76.3. The molecule has 100 heavy (non-hydrogen) atoms. The van der Waals surface area contributed by atoms with Crippen molar-refractivity contribution >= 4 is 88.8 Å². The number of halogens is 6. The highest BCUT2D eigenvalue weighted by Crippen LogP contribution is 2.30. The standard InChI is InChI=1S/C60H87F6N15O19/c1-10-29(6)40(51(90)79-41(30(7)82)50(89)72-24-39(83)77-43(45(46(68)85)100-56(96)60(64,65)66)53(92)75-37(54(93)94)26-98-55(95)59(61,62)63)78-47(86)34(15-13-21-71-57(69)70)73-48(87)35(22-27(2)3)74-52(91)42(44(84)28(4)5)80-49(88)36(23-67)76-58(97)99-25-31-17-19-32(20-18-31)33-14-11-12-16-38(33)81(8)9/h11-12,14,16-20,27-30,34-37,40-45,82,84H,10,13,15,21-26,67H2,1-9H3,(H2,68,85)(H,72,89)(H,73,87)(H,74,91)(H,75,92)(H,76,97)(H,77,83)(H,78,86)(H,79,90)(H,80,88)(H,93,94)(H4,69,70,71)/t29-,30-,34+,35-,36-,37-,40-,41-,42-,43-,44+,45-/m0/s1. The number of aliphatic imine (C=N–C) groups is 1. The molecule has 34 nitrogen and oxygen atoms in total. The van der Waals surface area contributed by atoms with Crippen molar-refractivity contribution in [3.8, 4) is 11.1 Å². The molecular weight excluding hydrogens is 1350 g/mol. The van der Waals surface area contributed by atoms with Gasteiger partial charge < -0.3 is 105 Å². The molecule has 0 aliphatic heterocycles. The quantitative estimate of drug-likeness (QED) is 0.00801. The molecule has 20 N–H and O–H groups in total. The molecule has 0 radical (unpaired) electrons. The SMILES string of the molecule is CC[C@H](C)[C@H](NC(=O)[C@@H](CCCN=C(N)N)NC(=O)[C@H](CC(C)C)NC(=O)[C@@H](NC(=O)[C@H](CN)NC(=O)OCc1ccc(-c2ccccc2N(C)C)cc1)[C@H](O)C(C)C)C(=O)N[C@H](C(=O)NCC(=O)N[C@H](C(=O)N[C@@H](COC(=O)C(F)(F)F)C(=O)O)[C@H](OC(=O)C(F)(F)F)C(N)=O)[C@H](C)O. The Hall–Kier alpha value is -10.1. The first-order chi connectivity index (χ1) is 46.4. The molecule has 10 amide bonds. The highest BCUT2D eigenvalue weighted by molar-refractivity contribution is 6.00. The van der Waals surface area contributed by atoms with Crippen LogP contribution < -0.4 is 75.7 Å². The predicted octanol–water partition coefficient (Wildman–Crippen LogP) is -2.82. The molecule has 0 aliphatic rings. The second kappa shape index (κ2) is 40.1. The van der Waals surface area contributed by atoms with Crippen LogP contribution in [0.25, 0.3) is 11.1 Å². The number of aliphatic carboxylic acids is 1. The first-order valence-electron chi connectivity index (χ1n) is 30.8. The Morgan fingerprint density at radius 3 is 1.66 bits per heavy atom. The van der Waals surface area contributed by atoms with Crippen molar-refractivity contribution in [1.29, 1.82) is 0 Å². The minimum atomic E-state index is -5.94. The van der Waals surface area contributed by atoms with Crippen LogP contribution in [0.4, 0.5) is 36.8 Å². The number of aliphatic hydroxyl groups excluding tert-OH is 2. The first-order valence-corrected chi connectivity index (χ1v) is 30.8. The molecule has 2 aromatic carbocycles. The third kappa shape index (κ3) is 28.4. The van der Waals surface area contributed by atoms with E-state index < -0.39 is 188 Å². The Balaban J connectivity index is 2.41. The molecule has 0 aliphatic carbocycles. The van der Waals surface area contributed by atoms with Gasteiger partial charge in [0.2, 0.25) is 53.4 Å². The molecule has 0 aromatic heterocycles. The fourth-order valence-electron chi connectivity index (χ4n) is 8.94. The number of hydrogen-bond donors (Lipinski definition) is 16. The van der Waals surface area contributed by atoms with E-state index >= 15 is 0 Å². The lowest BCUT2D eigenvalue weighted by molar-refractivity contribution is -0.206. The van der Waals surface area contributed by atoms with Crippen LogP contribution in [0.1, 0.15) is 79.7 Å². The number of carboxylic acids is 1. The summed E-state index contributed by atoms with van der Waals surface area (Å²) in [5.41, 5.74) is 25.4. The summed E-state index contributed by atoms with van der Waals surface area (Å²) in [4.78, 5) is 177. The van der Waals surface area contributed by atoms with Gasteiger partial charge >= 0.3 is 36.4 Å². The summed E-state index contributed by atoms with van der Waals surface area (Å²) < 4.78 is 91.1.